The zero-order valence-electron chi connectivity index (χ0n) is 12.4. The van der Waals surface area contributed by atoms with Crippen molar-refractivity contribution in [2.45, 2.75) is 39.2 Å². The lowest BCUT2D eigenvalue weighted by atomic mass is 10.0. The highest BCUT2D eigenvalue weighted by Gasteiger charge is 2.36. The molecule has 2 atom stereocenters. The lowest BCUT2D eigenvalue weighted by Gasteiger charge is -2.32. The van der Waals surface area contributed by atoms with Crippen LogP contribution >= 0.6 is 0 Å². The van der Waals surface area contributed by atoms with Gasteiger partial charge in [0.25, 0.3) is 0 Å². The van der Waals surface area contributed by atoms with E-state index < -0.39 is 4.92 Å². The molecule has 0 aliphatic heterocycles. The molecule has 0 aromatic carbocycles. The Morgan fingerprint density at radius 2 is 2.25 bits per heavy atom. The summed E-state index contributed by atoms with van der Waals surface area (Å²) in [4.78, 5) is 17.1. The van der Waals surface area contributed by atoms with Gasteiger partial charge in [0.1, 0.15) is 0 Å². The predicted octanol–water partition coefficient (Wildman–Crippen LogP) is 1.59. The second kappa shape index (κ2) is 5.78. The molecule has 1 aliphatic rings. The maximum atomic E-state index is 11.3. The van der Waals surface area contributed by atoms with Crippen molar-refractivity contribution >= 4 is 11.6 Å². The fourth-order valence-corrected chi connectivity index (χ4v) is 3.27. The first-order valence-electron chi connectivity index (χ1n) is 7.15. The normalized spacial score (nSPS) is 22.2. The Hall–Kier alpha value is -1.63. The molecule has 0 bridgehead atoms. The number of hydrogen-bond donors (Lipinski definition) is 1. The standard InChI is InChI=1S/C13H23N5O2/c1-4-17(11-7-5-6-10(11)8-14)13-12(18(19)20)15-9(2)16(13)3/h10-11H,4-8,14H2,1-3H3. The van der Waals surface area contributed by atoms with Crippen molar-refractivity contribution in [1.82, 2.24) is 9.55 Å². The van der Waals surface area contributed by atoms with Crippen molar-refractivity contribution in [2.24, 2.45) is 18.7 Å². The first kappa shape index (κ1) is 14.8. The number of rotatable bonds is 5. The highest BCUT2D eigenvalue weighted by atomic mass is 16.6. The molecule has 0 spiro atoms. The van der Waals surface area contributed by atoms with E-state index in [0.29, 0.717) is 24.1 Å². The maximum Gasteiger partial charge on any atom is 0.406 e. The molecule has 20 heavy (non-hydrogen) atoms. The Bertz CT molecular complexity index is 499. The van der Waals surface area contributed by atoms with Crippen LogP contribution in [0.3, 0.4) is 0 Å². The smallest absolute Gasteiger partial charge is 0.358 e. The third-order valence-electron chi connectivity index (χ3n) is 4.38. The van der Waals surface area contributed by atoms with E-state index in [1.54, 1.807) is 6.92 Å². The van der Waals surface area contributed by atoms with Crippen molar-refractivity contribution < 1.29 is 4.92 Å². The highest BCUT2D eigenvalue weighted by Crippen LogP contribution is 2.36. The summed E-state index contributed by atoms with van der Waals surface area (Å²) in [5.41, 5.74) is 5.85. The number of imidazole rings is 1. The van der Waals surface area contributed by atoms with E-state index >= 15 is 0 Å². The minimum absolute atomic E-state index is 0.0467. The van der Waals surface area contributed by atoms with Gasteiger partial charge in [-0.15, -0.1) is 0 Å². The summed E-state index contributed by atoms with van der Waals surface area (Å²) >= 11 is 0. The minimum atomic E-state index is -0.391. The second-order valence-electron chi connectivity index (χ2n) is 5.40. The minimum Gasteiger partial charge on any atom is -0.358 e. The van der Waals surface area contributed by atoms with Gasteiger partial charge < -0.3 is 20.7 Å². The molecule has 0 amide bonds. The van der Waals surface area contributed by atoms with Crippen LogP contribution in [0.5, 0.6) is 0 Å². The van der Waals surface area contributed by atoms with Gasteiger partial charge in [0, 0.05) is 26.6 Å². The second-order valence-corrected chi connectivity index (χ2v) is 5.40. The van der Waals surface area contributed by atoms with Crippen LogP contribution in [0.4, 0.5) is 11.6 Å². The summed E-state index contributed by atoms with van der Waals surface area (Å²) < 4.78 is 1.81. The molecule has 0 saturated heterocycles. The Morgan fingerprint density at radius 1 is 1.55 bits per heavy atom. The average molecular weight is 281 g/mol. The third-order valence-corrected chi connectivity index (χ3v) is 4.38. The molecule has 2 N–H and O–H groups in total. The largest absolute Gasteiger partial charge is 0.406 e. The van der Waals surface area contributed by atoms with E-state index in [1.807, 2.05) is 18.5 Å². The van der Waals surface area contributed by atoms with Gasteiger partial charge in [-0.1, -0.05) is 6.42 Å². The Labute approximate surface area is 118 Å². The highest BCUT2D eigenvalue weighted by molar-refractivity contribution is 5.56. The van der Waals surface area contributed by atoms with Gasteiger partial charge in [-0.3, -0.25) is 4.57 Å². The van der Waals surface area contributed by atoms with Gasteiger partial charge >= 0.3 is 5.82 Å². The first-order valence-corrected chi connectivity index (χ1v) is 7.15. The van der Waals surface area contributed by atoms with Crippen LogP contribution in [0.2, 0.25) is 0 Å². The third kappa shape index (κ3) is 2.37. The maximum absolute atomic E-state index is 11.3. The molecule has 1 aromatic heterocycles. The van der Waals surface area contributed by atoms with Crippen LogP contribution in [-0.4, -0.2) is 33.6 Å². The number of nitrogens with zero attached hydrogens (tertiary/aromatic N) is 4. The number of aromatic nitrogens is 2. The summed E-state index contributed by atoms with van der Waals surface area (Å²) in [6.07, 6.45) is 3.27. The predicted molar refractivity (Wildman–Crippen MR) is 77.8 cm³/mol. The number of hydrogen-bond acceptors (Lipinski definition) is 5. The van der Waals surface area contributed by atoms with Crippen molar-refractivity contribution in [2.75, 3.05) is 18.0 Å². The van der Waals surface area contributed by atoms with Crippen molar-refractivity contribution in [1.29, 1.82) is 0 Å². The van der Waals surface area contributed by atoms with Crippen molar-refractivity contribution in [3.05, 3.63) is 15.9 Å². The first-order chi connectivity index (χ1) is 9.51. The molecular weight excluding hydrogens is 258 g/mol. The summed E-state index contributed by atoms with van der Waals surface area (Å²) in [7, 11) is 1.83. The lowest BCUT2D eigenvalue weighted by molar-refractivity contribution is -0.388. The van der Waals surface area contributed by atoms with Crippen LogP contribution in [0.15, 0.2) is 0 Å². The van der Waals surface area contributed by atoms with E-state index in [9.17, 15) is 10.1 Å². The molecule has 0 radical (unpaired) electrons. The SMILES string of the molecule is CCN(c1c([N+](=O)[O-])nc(C)n1C)C1CCCC1CN. The lowest BCUT2D eigenvalue weighted by Crippen LogP contribution is -2.41. The van der Waals surface area contributed by atoms with E-state index in [0.717, 1.165) is 25.8 Å². The fraction of sp³-hybridized carbons (Fsp3) is 0.769. The van der Waals surface area contributed by atoms with Crippen LogP contribution in [0.25, 0.3) is 0 Å². The molecule has 2 unspecified atom stereocenters. The van der Waals surface area contributed by atoms with Crippen LogP contribution in [0, 0.1) is 23.0 Å². The molecular formula is C13H23N5O2. The van der Waals surface area contributed by atoms with Gasteiger partial charge in [0.15, 0.2) is 0 Å². The quantitative estimate of drug-likeness (QED) is 0.654. The zero-order valence-corrected chi connectivity index (χ0v) is 12.4. The molecule has 1 heterocycles. The van der Waals surface area contributed by atoms with E-state index in [4.69, 9.17) is 5.73 Å². The average Bonchev–Trinajstić information content (AvgIpc) is 2.99. The molecule has 1 fully saturated rings. The van der Waals surface area contributed by atoms with Crippen LogP contribution in [-0.2, 0) is 7.05 Å². The Kier molecular flexibility index (Phi) is 4.27. The van der Waals surface area contributed by atoms with E-state index in [2.05, 4.69) is 9.88 Å². The topological polar surface area (TPSA) is 90.2 Å². The van der Waals surface area contributed by atoms with Gasteiger partial charge in [-0.05, 0) is 42.1 Å². The monoisotopic (exact) mass is 281 g/mol. The van der Waals surface area contributed by atoms with E-state index in [1.165, 1.54) is 0 Å². The number of aryl methyl sites for hydroxylation is 1. The molecule has 1 saturated carbocycles. The van der Waals surface area contributed by atoms with Gasteiger partial charge in [-0.2, -0.15) is 0 Å². The molecule has 1 aromatic rings. The molecule has 7 heteroatoms. The fourth-order valence-electron chi connectivity index (χ4n) is 3.27. The Morgan fingerprint density at radius 3 is 2.80 bits per heavy atom. The number of nitro groups is 1. The van der Waals surface area contributed by atoms with Gasteiger partial charge in [0.05, 0.1) is 0 Å². The van der Waals surface area contributed by atoms with Crippen molar-refractivity contribution in [3.8, 4) is 0 Å². The molecule has 112 valence electrons. The summed E-state index contributed by atoms with van der Waals surface area (Å²) in [5.74, 6) is 1.63. The summed E-state index contributed by atoms with van der Waals surface area (Å²) in [5, 5.41) is 11.3. The van der Waals surface area contributed by atoms with Crippen LogP contribution < -0.4 is 10.6 Å². The van der Waals surface area contributed by atoms with Crippen molar-refractivity contribution in [3.63, 3.8) is 0 Å². The van der Waals surface area contributed by atoms with E-state index in [-0.39, 0.29) is 11.9 Å². The summed E-state index contributed by atoms with van der Waals surface area (Å²) in [6.45, 7) is 5.17. The van der Waals surface area contributed by atoms with Crippen LogP contribution in [0.1, 0.15) is 32.0 Å². The van der Waals surface area contributed by atoms with Gasteiger partial charge in [0.2, 0.25) is 11.6 Å². The molecule has 7 nitrogen and oxygen atoms in total. The molecule has 2 rings (SSSR count). The zero-order chi connectivity index (χ0) is 14.9. The number of anilines is 1. The summed E-state index contributed by atoms with van der Waals surface area (Å²) in [6, 6.07) is 0.276. The number of nitrogens with two attached hydrogens (primary N) is 1. The molecule has 1 aliphatic carbocycles. The van der Waals surface area contributed by atoms with Gasteiger partial charge in [-0.25, -0.2) is 0 Å². The Balaban J connectivity index is 2.44.